The van der Waals surface area contributed by atoms with Crippen molar-refractivity contribution in [3.63, 3.8) is 0 Å². The molecule has 206 valence electrons. The number of aromatic nitrogens is 1. The van der Waals surface area contributed by atoms with Gasteiger partial charge in [-0.3, -0.25) is 0 Å². The second kappa shape index (κ2) is 15.6. The Labute approximate surface area is 223 Å². The lowest BCUT2D eigenvalue weighted by Crippen LogP contribution is -2.68. The molecule has 0 N–H and O–H groups in total. The Hall–Kier alpha value is -2.80. The van der Waals surface area contributed by atoms with Gasteiger partial charge in [0.2, 0.25) is 5.52 Å². The van der Waals surface area contributed by atoms with Gasteiger partial charge in [-0.2, -0.15) is 4.57 Å². The number of benzene rings is 2. The molecule has 0 atom stereocenters. The predicted molar refractivity (Wildman–Crippen MR) is 129 cm³/mol. The molecule has 0 bridgehead atoms. The fourth-order valence-corrected chi connectivity index (χ4v) is 3.74. The summed E-state index contributed by atoms with van der Waals surface area (Å²) >= 11 is 0. The minimum absolute atomic E-state index is 0.445. The highest BCUT2D eigenvalue weighted by Crippen LogP contribution is 2.29. The van der Waals surface area contributed by atoms with Gasteiger partial charge in [0, 0.05) is 12.1 Å². The van der Waals surface area contributed by atoms with Crippen LogP contribution in [0.2, 0.25) is 0 Å². The first-order valence-electron chi connectivity index (χ1n) is 12.2. The van der Waals surface area contributed by atoms with Gasteiger partial charge in [-0.1, -0.05) is 30.4 Å². The molecule has 1 aromatic heterocycles. The maximum absolute atomic E-state index is 8.49. The van der Waals surface area contributed by atoms with Crippen LogP contribution in [0, 0.1) is 10.2 Å². The number of halogens is 1. The zero-order valence-electron chi connectivity index (χ0n) is 21.2. The number of fused-ring (bicyclic) bond motifs is 2. The summed E-state index contributed by atoms with van der Waals surface area (Å²) in [5.41, 5.74) is 3.44. The van der Waals surface area contributed by atoms with Crippen molar-refractivity contribution in [3.05, 3.63) is 65.9 Å². The number of para-hydroxylation sites is 1. The molecule has 0 amide bonds. The molecular formula is C27H32ClNO9. The number of aryl methyl sites for hydroxylation is 1. The lowest BCUT2D eigenvalue weighted by Gasteiger charge is -2.17. The summed E-state index contributed by atoms with van der Waals surface area (Å²) in [5, 5.41) is 1.23. The van der Waals surface area contributed by atoms with E-state index in [1.165, 1.54) is 16.5 Å². The van der Waals surface area contributed by atoms with Crippen LogP contribution in [0.4, 0.5) is 0 Å². The lowest BCUT2D eigenvalue weighted by molar-refractivity contribution is -2.00. The molecule has 2 aromatic carbocycles. The Kier molecular flexibility index (Phi) is 12.2. The predicted octanol–water partition coefficient (Wildman–Crippen LogP) is -0.617. The molecule has 0 fully saturated rings. The zero-order chi connectivity index (χ0) is 27.2. The highest BCUT2D eigenvalue weighted by Gasteiger charge is 2.10. The standard InChI is InChI=1S/C27H32NO5.ClHO4/c1-2-28-12-11-23(24-5-3-4-6-25(24)28)9-7-22-8-10-26-27(21-22)33-20-18-31-16-14-29-13-15-30-17-19-32-26;2-1(3,4)5/h3-12,21H,2,13-20H2,1H3;(H,2,3,4,5)/q+1;/p-1/b9-7+;. The van der Waals surface area contributed by atoms with Crippen LogP contribution >= 0.6 is 0 Å². The van der Waals surface area contributed by atoms with Gasteiger partial charge >= 0.3 is 0 Å². The van der Waals surface area contributed by atoms with Gasteiger partial charge in [0.05, 0.1) is 45.0 Å². The van der Waals surface area contributed by atoms with E-state index in [0.29, 0.717) is 64.4 Å². The number of ether oxygens (including phenoxy) is 5. The van der Waals surface area contributed by atoms with E-state index in [1.807, 2.05) is 18.2 Å². The van der Waals surface area contributed by atoms with E-state index in [1.54, 1.807) is 0 Å². The highest BCUT2D eigenvalue weighted by atomic mass is 35.7. The largest absolute Gasteiger partial charge is 0.487 e. The Balaban J connectivity index is 0.000000732. The Bertz CT molecular complexity index is 1160. The smallest absolute Gasteiger partial charge is 0.213 e. The molecule has 3 aromatic rings. The van der Waals surface area contributed by atoms with Crippen LogP contribution in [0.3, 0.4) is 0 Å². The molecular weight excluding hydrogens is 518 g/mol. The Morgan fingerprint density at radius 2 is 1.32 bits per heavy atom. The first-order valence-corrected chi connectivity index (χ1v) is 13.4. The van der Waals surface area contributed by atoms with E-state index >= 15 is 0 Å². The van der Waals surface area contributed by atoms with Crippen LogP contribution in [0.5, 0.6) is 11.5 Å². The lowest BCUT2D eigenvalue weighted by atomic mass is 10.1. The Morgan fingerprint density at radius 3 is 1.95 bits per heavy atom. The molecule has 1 aliphatic heterocycles. The van der Waals surface area contributed by atoms with Crippen LogP contribution in [0.1, 0.15) is 18.1 Å². The summed E-state index contributed by atoms with van der Waals surface area (Å²) in [6, 6.07) is 16.6. The van der Waals surface area contributed by atoms with Crippen molar-refractivity contribution in [3.8, 4) is 11.5 Å². The number of rotatable bonds is 3. The normalized spacial score (nSPS) is 15.8. The van der Waals surface area contributed by atoms with Gasteiger partial charge < -0.3 is 23.7 Å². The monoisotopic (exact) mass is 549 g/mol. The van der Waals surface area contributed by atoms with E-state index in [4.69, 9.17) is 42.3 Å². The molecule has 1 aliphatic rings. The maximum atomic E-state index is 8.49. The van der Waals surface area contributed by atoms with E-state index in [2.05, 4.69) is 60.2 Å². The van der Waals surface area contributed by atoms with Crippen molar-refractivity contribution < 1.29 is 57.1 Å². The second-order valence-corrected chi connectivity index (χ2v) is 8.78. The number of pyridine rings is 1. The van der Waals surface area contributed by atoms with E-state index < -0.39 is 10.2 Å². The average Bonchev–Trinajstić information content (AvgIpc) is 2.90. The molecule has 0 radical (unpaired) electrons. The zero-order valence-corrected chi connectivity index (χ0v) is 22.0. The van der Waals surface area contributed by atoms with Crippen molar-refractivity contribution >= 4 is 23.1 Å². The SMILES string of the molecule is CC[n+]1ccc(/C=C/c2ccc3c(c2)OCCOCCOCCOCCO3)c2ccccc21.[O-][Cl+3]([O-])([O-])[O-]. The molecule has 10 nitrogen and oxygen atoms in total. The summed E-state index contributed by atoms with van der Waals surface area (Å²) in [7, 11) is -4.94. The van der Waals surface area contributed by atoms with Crippen LogP contribution in [0.25, 0.3) is 23.1 Å². The van der Waals surface area contributed by atoms with E-state index in [0.717, 1.165) is 12.1 Å². The topological polar surface area (TPSA) is 142 Å². The van der Waals surface area contributed by atoms with Crippen molar-refractivity contribution in [2.24, 2.45) is 0 Å². The van der Waals surface area contributed by atoms with E-state index in [9.17, 15) is 0 Å². The minimum atomic E-state index is -4.94. The van der Waals surface area contributed by atoms with Gasteiger partial charge in [-0.25, -0.2) is 18.6 Å². The molecule has 0 saturated heterocycles. The van der Waals surface area contributed by atoms with Crippen molar-refractivity contribution in [1.82, 2.24) is 0 Å². The minimum Gasteiger partial charge on any atom is -0.487 e. The summed E-state index contributed by atoms with van der Waals surface area (Å²) in [6.07, 6.45) is 6.39. The van der Waals surface area contributed by atoms with Crippen molar-refractivity contribution in [2.45, 2.75) is 13.5 Å². The first-order chi connectivity index (χ1) is 18.3. The number of hydrogen-bond donors (Lipinski definition) is 0. The fourth-order valence-electron chi connectivity index (χ4n) is 3.74. The second-order valence-electron chi connectivity index (χ2n) is 8.03. The van der Waals surface area contributed by atoms with Gasteiger partial charge in [-0.15, -0.1) is 10.2 Å². The fraction of sp³-hybridized carbons (Fsp3) is 0.370. The van der Waals surface area contributed by atoms with Gasteiger partial charge in [0.15, 0.2) is 17.7 Å². The van der Waals surface area contributed by atoms with Crippen molar-refractivity contribution in [2.75, 3.05) is 52.9 Å². The molecule has 4 rings (SSSR count). The van der Waals surface area contributed by atoms with Crippen LogP contribution < -0.4 is 32.7 Å². The molecule has 11 heteroatoms. The molecule has 0 unspecified atom stereocenters. The van der Waals surface area contributed by atoms with Gasteiger partial charge in [0.25, 0.3) is 0 Å². The number of nitrogens with zero attached hydrogens (tertiary/aromatic N) is 1. The third-order valence-corrected chi connectivity index (χ3v) is 5.44. The van der Waals surface area contributed by atoms with Crippen LogP contribution in [0.15, 0.2) is 54.7 Å². The Morgan fingerprint density at radius 1 is 0.737 bits per heavy atom. The van der Waals surface area contributed by atoms with Crippen molar-refractivity contribution in [1.29, 1.82) is 0 Å². The summed E-state index contributed by atoms with van der Waals surface area (Å²) < 4.78 is 64.7. The van der Waals surface area contributed by atoms with Gasteiger partial charge in [0.1, 0.15) is 19.8 Å². The summed E-state index contributed by atoms with van der Waals surface area (Å²) in [5.74, 6) is 1.41. The van der Waals surface area contributed by atoms with Crippen LogP contribution in [-0.4, -0.2) is 52.9 Å². The van der Waals surface area contributed by atoms with E-state index in [-0.39, 0.29) is 0 Å². The molecule has 0 spiro atoms. The summed E-state index contributed by atoms with van der Waals surface area (Å²) in [4.78, 5) is 0. The molecule has 38 heavy (non-hydrogen) atoms. The third kappa shape index (κ3) is 10.5. The molecule has 2 heterocycles. The quantitative estimate of drug-likeness (QED) is 0.391. The van der Waals surface area contributed by atoms with Gasteiger partial charge in [-0.05, 0) is 36.2 Å². The van der Waals surface area contributed by atoms with Crippen LogP contribution in [-0.2, 0) is 20.8 Å². The first kappa shape index (κ1) is 29.8. The number of hydrogen-bond acceptors (Lipinski definition) is 9. The summed E-state index contributed by atoms with van der Waals surface area (Å²) in [6.45, 7) is 7.18. The molecule has 0 saturated carbocycles. The molecule has 0 aliphatic carbocycles. The maximum Gasteiger partial charge on any atom is 0.213 e. The average molecular weight is 550 g/mol. The third-order valence-electron chi connectivity index (χ3n) is 5.44. The highest BCUT2D eigenvalue weighted by molar-refractivity contribution is 5.88.